The number of benzene rings is 1. The predicted molar refractivity (Wildman–Crippen MR) is 84.6 cm³/mol. The summed E-state index contributed by atoms with van der Waals surface area (Å²) in [6.45, 7) is 6.87. The van der Waals surface area contributed by atoms with Gasteiger partial charge in [0.25, 0.3) is 0 Å². The third kappa shape index (κ3) is 3.68. The van der Waals surface area contributed by atoms with E-state index in [-0.39, 0.29) is 17.9 Å². The molecular formula is C15H20BrFN4. The van der Waals surface area contributed by atoms with E-state index >= 15 is 0 Å². The second-order valence-corrected chi connectivity index (χ2v) is 6.02. The molecule has 0 fully saturated rings. The fourth-order valence-electron chi connectivity index (χ4n) is 2.40. The van der Waals surface area contributed by atoms with Crippen LogP contribution in [0.15, 0.2) is 29.0 Å². The lowest BCUT2D eigenvalue weighted by Gasteiger charge is -2.21. The van der Waals surface area contributed by atoms with Crippen molar-refractivity contribution in [3.05, 3.63) is 46.2 Å². The fourth-order valence-corrected chi connectivity index (χ4v) is 3.02. The molecule has 0 saturated heterocycles. The lowest BCUT2D eigenvalue weighted by atomic mass is 10.0. The van der Waals surface area contributed by atoms with Gasteiger partial charge in [0.05, 0.1) is 0 Å². The van der Waals surface area contributed by atoms with Crippen LogP contribution in [-0.2, 0) is 6.42 Å². The molecule has 0 aliphatic carbocycles. The number of hydrogen-bond acceptors (Lipinski definition) is 3. The molecule has 1 aromatic carbocycles. The second kappa shape index (κ2) is 7.13. The average molecular weight is 355 g/mol. The first kappa shape index (κ1) is 16.1. The van der Waals surface area contributed by atoms with E-state index in [9.17, 15) is 4.39 Å². The van der Waals surface area contributed by atoms with Crippen LogP contribution in [0.5, 0.6) is 0 Å². The molecule has 2 aromatic rings. The summed E-state index contributed by atoms with van der Waals surface area (Å²) in [6.07, 6.45) is 2.14. The van der Waals surface area contributed by atoms with Gasteiger partial charge < -0.3 is 5.32 Å². The van der Waals surface area contributed by atoms with E-state index in [1.54, 1.807) is 12.4 Å². The molecule has 0 bridgehead atoms. The zero-order valence-electron chi connectivity index (χ0n) is 12.5. The second-order valence-electron chi connectivity index (χ2n) is 5.16. The van der Waals surface area contributed by atoms with Crippen molar-refractivity contribution in [3.63, 3.8) is 0 Å². The summed E-state index contributed by atoms with van der Waals surface area (Å²) < 4.78 is 16.8. The van der Waals surface area contributed by atoms with Gasteiger partial charge in [0.15, 0.2) is 0 Å². The molecule has 1 aromatic heterocycles. The molecule has 0 aliphatic rings. The van der Waals surface area contributed by atoms with Crippen molar-refractivity contribution in [2.45, 2.75) is 39.3 Å². The van der Waals surface area contributed by atoms with E-state index < -0.39 is 0 Å². The molecule has 21 heavy (non-hydrogen) atoms. The molecule has 1 N–H and O–H groups in total. The monoisotopic (exact) mass is 354 g/mol. The van der Waals surface area contributed by atoms with Crippen molar-refractivity contribution in [2.75, 3.05) is 6.54 Å². The zero-order chi connectivity index (χ0) is 15.4. The van der Waals surface area contributed by atoms with E-state index in [0.717, 1.165) is 16.8 Å². The van der Waals surface area contributed by atoms with Crippen LogP contribution in [0.25, 0.3) is 0 Å². The summed E-state index contributed by atoms with van der Waals surface area (Å²) in [5.74, 6) is 0.636. The van der Waals surface area contributed by atoms with Crippen LogP contribution in [0.3, 0.4) is 0 Å². The molecule has 0 radical (unpaired) electrons. The Kier molecular flexibility index (Phi) is 5.47. The summed E-state index contributed by atoms with van der Waals surface area (Å²) in [7, 11) is 0. The van der Waals surface area contributed by atoms with Crippen molar-refractivity contribution < 1.29 is 4.39 Å². The summed E-state index contributed by atoms with van der Waals surface area (Å²) in [5, 5.41) is 7.57. The Balaban J connectivity index is 2.33. The summed E-state index contributed by atoms with van der Waals surface area (Å²) >= 11 is 3.45. The highest BCUT2D eigenvalue weighted by Gasteiger charge is 2.21. The fraction of sp³-hybridized carbons (Fsp3) is 0.467. The summed E-state index contributed by atoms with van der Waals surface area (Å²) in [6, 6.07) is 5.12. The van der Waals surface area contributed by atoms with Crippen molar-refractivity contribution in [1.82, 2.24) is 20.1 Å². The zero-order valence-corrected chi connectivity index (χ0v) is 14.1. The van der Waals surface area contributed by atoms with E-state index in [1.807, 2.05) is 17.7 Å². The molecule has 6 heteroatoms. The molecule has 2 rings (SSSR count). The van der Waals surface area contributed by atoms with Crippen molar-refractivity contribution in [1.29, 1.82) is 0 Å². The normalized spacial score (nSPS) is 12.9. The Hall–Kier alpha value is -1.27. The van der Waals surface area contributed by atoms with E-state index in [4.69, 9.17) is 0 Å². The molecular weight excluding hydrogens is 335 g/mol. The number of hydrogen-bond donors (Lipinski definition) is 1. The van der Waals surface area contributed by atoms with Gasteiger partial charge >= 0.3 is 0 Å². The van der Waals surface area contributed by atoms with Crippen LogP contribution in [0.4, 0.5) is 4.39 Å². The molecule has 0 spiro atoms. The van der Waals surface area contributed by atoms with Gasteiger partial charge in [0, 0.05) is 28.5 Å². The van der Waals surface area contributed by atoms with Crippen LogP contribution < -0.4 is 5.32 Å². The predicted octanol–water partition coefficient (Wildman–Crippen LogP) is 3.65. The van der Waals surface area contributed by atoms with Crippen molar-refractivity contribution in [3.8, 4) is 0 Å². The summed E-state index contributed by atoms with van der Waals surface area (Å²) in [4.78, 5) is 4.32. The topological polar surface area (TPSA) is 42.7 Å². The Labute approximate surface area is 132 Å². The van der Waals surface area contributed by atoms with Crippen molar-refractivity contribution >= 4 is 15.9 Å². The number of halogens is 2. The highest BCUT2D eigenvalue weighted by molar-refractivity contribution is 9.10. The van der Waals surface area contributed by atoms with Crippen LogP contribution in [0, 0.1) is 5.82 Å². The molecule has 4 nitrogen and oxygen atoms in total. The maximum absolute atomic E-state index is 14.2. The third-order valence-electron chi connectivity index (χ3n) is 3.32. The number of rotatable bonds is 6. The number of aromatic nitrogens is 3. The first-order chi connectivity index (χ1) is 10.0. The maximum Gasteiger partial charge on any atom is 0.138 e. The van der Waals surface area contributed by atoms with Crippen LogP contribution in [-0.4, -0.2) is 21.3 Å². The van der Waals surface area contributed by atoms with Crippen LogP contribution >= 0.6 is 15.9 Å². The van der Waals surface area contributed by atoms with Gasteiger partial charge in [-0.1, -0.05) is 28.9 Å². The maximum atomic E-state index is 14.2. The summed E-state index contributed by atoms with van der Waals surface area (Å²) in [5.41, 5.74) is 0.637. The Morgan fingerprint density at radius 2 is 2.14 bits per heavy atom. The SMILES string of the molecule is CCNC(Cc1ncnn1C(C)C)c1c(F)cccc1Br. The van der Waals surface area contributed by atoms with E-state index in [0.29, 0.717) is 12.0 Å². The van der Waals surface area contributed by atoms with Gasteiger partial charge in [-0.25, -0.2) is 14.1 Å². The highest BCUT2D eigenvalue weighted by Crippen LogP contribution is 2.28. The smallest absolute Gasteiger partial charge is 0.138 e. The number of nitrogens with one attached hydrogen (secondary N) is 1. The minimum Gasteiger partial charge on any atom is -0.310 e. The van der Waals surface area contributed by atoms with Gasteiger partial charge in [-0.05, 0) is 32.5 Å². The molecule has 0 saturated carbocycles. The molecule has 1 heterocycles. The average Bonchev–Trinajstić information content (AvgIpc) is 2.87. The molecule has 0 aliphatic heterocycles. The largest absolute Gasteiger partial charge is 0.310 e. The van der Waals surface area contributed by atoms with Crippen LogP contribution in [0.2, 0.25) is 0 Å². The van der Waals surface area contributed by atoms with Crippen LogP contribution in [0.1, 0.15) is 44.2 Å². The highest BCUT2D eigenvalue weighted by atomic mass is 79.9. The first-order valence-corrected chi connectivity index (χ1v) is 7.89. The Morgan fingerprint density at radius 3 is 2.76 bits per heavy atom. The van der Waals surface area contributed by atoms with Gasteiger partial charge in [-0.2, -0.15) is 5.10 Å². The van der Waals surface area contributed by atoms with Crippen molar-refractivity contribution in [2.24, 2.45) is 0 Å². The number of likely N-dealkylation sites (N-methyl/N-ethyl adjacent to an activating group) is 1. The molecule has 114 valence electrons. The lowest BCUT2D eigenvalue weighted by Crippen LogP contribution is -2.26. The van der Waals surface area contributed by atoms with Gasteiger partial charge in [0.2, 0.25) is 0 Å². The first-order valence-electron chi connectivity index (χ1n) is 7.10. The Bertz CT molecular complexity index is 577. The quantitative estimate of drug-likeness (QED) is 0.860. The van der Waals surface area contributed by atoms with Gasteiger partial charge in [-0.15, -0.1) is 0 Å². The molecule has 1 unspecified atom stereocenters. The third-order valence-corrected chi connectivity index (χ3v) is 4.01. The van der Waals surface area contributed by atoms with E-state index in [1.165, 1.54) is 6.07 Å². The molecule has 1 atom stereocenters. The van der Waals surface area contributed by atoms with Gasteiger partial charge in [0.1, 0.15) is 18.0 Å². The van der Waals surface area contributed by atoms with E-state index in [2.05, 4.69) is 45.2 Å². The Morgan fingerprint density at radius 1 is 1.38 bits per heavy atom. The number of nitrogens with zero attached hydrogens (tertiary/aromatic N) is 3. The lowest BCUT2D eigenvalue weighted by molar-refractivity contribution is 0.456. The minimum absolute atomic E-state index is 0.146. The standard InChI is InChI=1S/C15H20BrFN4/c1-4-18-13(15-11(16)6-5-7-12(15)17)8-14-19-9-20-21(14)10(2)3/h5-7,9-10,13,18H,4,8H2,1-3H3. The van der Waals surface area contributed by atoms with Gasteiger partial charge in [-0.3, -0.25) is 0 Å². The minimum atomic E-state index is -0.217. The molecule has 0 amide bonds.